The van der Waals surface area contributed by atoms with Crippen LogP contribution in [-0.4, -0.2) is 36.1 Å². The van der Waals surface area contributed by atoms with Gasteiger partial charge >= 0.3 is 0 Å². The van der Waals surface area contributed by atoms with Crippen molar-refractivity contribution < 1.29 is 9.59 Å². The first-order valence-corrected chi connectivity index (χ1v) is 3.90. The summed E-state index contributed by atoms with van der Waals surface area (Å²) in [6.45, 7) is 7.30. The lowest BCUT2D eigenvalue weighted by molar-refractivity contribution is -0.133. The van der Waals surface area contributed by atoms with Gasteiger partial charge in [0.2, 0.25) is 5.78 Å². The van der Waals surface area contributed by atoms with Gasteiger partial charge in [-0.15, -0.1) is 0 Å². The number of hydrogen-bond acceptors (Lipinski definition) is 3. The van der Waals surface area contributed by atoms with Crippen molar-refractivity contribution in [3.63, 3.8) is 0 Å². The average Bonchev–Trinajstić information content (AvgIpc) is 2.05. The molecule has 3 heteroatoms. The first kappa shape index (κ1) is 10.3. The summed E-state index contributed by atoms with van der Waals surface area (Å²) in [4.78, 5) is 22.9. The van der Waals surface area contributed by atoms with Crippen LogP contribution in [0.25, 0.3) is 0 Å². The molecule has 0 aromatic carbocycles. The molecule has 0 fully saturated rings. The molecule has 0 saturated carbocycles. The number of rotatable bonds is 5. The Labute approximate surface area is 67.4 Å². The minimum Gasteiger partial charge on any atom is -0.295 e. The Hall–Kier alpha value is -0.700. The molecule has 0 aliphatic heterocycles. The SMILES string of the molecule is CCN(CC)C(C)C(=O)C=O. The van der Waals surface area contributed by atoms with E-state index in [1.807, 2.05) is 18.7 Å². The maximum absolute atomic E-state index is 10.9. The molecular formula is C8H15NO2. The molecule has 0 aliphatic carbocycles. The minimum atomic E-state index is -0.339. The summed E-state index contributed by atoms with van der Waals surface area (Å²) >= 11 is 0. The zero-order chi connectivity index (χ0) is 8.85. The molecule has 0 aromatic rings. The van der Waals surface area contributed by atoms with Gasteiger partial charge in [0.15, 0.2) is 6.29 Å². The van der Waals surface area contributed by atoms with E-state index in [9.17, 15) is 9.59 Å². The number of hydrogen-bond donors (Lipinski definition) is 0. The summed E-state index contributed by atoms with van der Waals surface area (Å²) in [6, 6.07) is -0.262. The largest absolute Gasteiger partial charge is 0.295 e. The first-order chi connectivity index (χ1) is 5.17. The van der Waals surface area contributed by atoms with E-state index in [1.165, 1.54) is 0 Å². The second-order valence-corrected chi connectivity index (χ2v) is 2.42. The van der Waals surface area contributed by atoms with Gasteiger partial charge in [0.25, 0.3) is 0 Å². The monoisotopic (exact) mass is 157 g/mol. The Kier molecular flexibility index (Phi) is 4.70. The van der Waals surface area contributed by atoms with E-state index in [0.29, 0.717) is 6.29 Å². The molecule has 1 atom stereocenters. The molecule has 0 saturated heterocycles. The Morgan fingerprint density at radius 3 is 2.18 bits per heavy atom. The van der Waals surface area contributed by atoms with E-state index in [1.54, 1.807) is 6.92 Å². The van der Waals surface area contributed by atoms with E-state index < -0.39 is 0 Å². The minimum absolute atomic E-state index is 0.262. The Balaban J connectivity index is 4.07. The lowest BCUT2D eigenvalue weighted by Gasteiger charge is -2.22. The van der Waals surface area contributed by atoms with Crippen LogP contribution in [-0.2, 0) is 9.59 Å². The lowest BCUT2D eigenvalue weighted by Crippen LogP contribution is -2.39. The molecule has 1 unspecified atom stereocenters. The maximum atomic E-state index is 10.9. The van der Waals surface area contributed by atoms with Crippen LogP contribution in [0.5, 0.6) is 0 Å². The average molecular weight is 157 g/mol. The Morgan fingerprint density at radius 2 is 1.91 bits per heavy atom. The van der Waals surface area contributed by atoms with Crippen LogP contribution in [0.3, 0.4) is 0 Å². The number of aldehydes is 1. The summed E-state index contributed by atoms with van der Waals surface area (Å²) in [6.07, 6.45) is 0.392. The van der Waals surface area contributed by atoms with Crippen molar-refractivity contribution in [1.82, 2.24) is 4.90 Å². The highest BCUT2D eigenvalue weighted by Gasteiger charge is 2.16. The summed E-state index contributed by atoms with van der Waals surface area (Å²) in [5.41, 5.74) is 0. The number of nitrogens with zero attached hydrogens (tertiary/aromatic N) is 1. The number of Topliss-reactive ketones (excluding diaryl/α,β-unsaturated/α-hetero) is 1. The van der Waals surface area contributed by atoms with Crippen LogP contribution < -0.4 is 0 Å². The predicted octanol–water partition coefficient (Wildman–Crippen LogP) is 0.485. The fourth-order valence-electron chi connectivity index (χ4n) is 1.05. The molecule has 0 heterocycles. The quantitative estimate of drug-likeness (QED) is 0.430. The molecule has 0 amide bonds. The molecule has 0 aliphatic rings. The topological polar surface area (TPSA) is 37.4 Å². The maximum Gasteiger partial charge on any atom is 0.211 e. The summed E-state index contributed by atoms with van der Waals surface area (Å²) < 4.78 is 0. The van der Waals surface area contributed by atoms with Crippen LogP contribution in [0.2, 0.25) is 0 Å². The van der Waals surface area contributed by atoms with Crippen molar-refractivity contribution >= 4 is 12.1 Å². The van der Waals surface area contributed by atoms with Gasteiger partial charge in [0, 0.05) is 0 Å². The molecule has 0 bridgehead atoms. The van der Waals surface area contributed by atoms with E-state index in [2.05, 4.69) is 0 Å². The van der Waals surface area contributed by atoms with E-state index in [-0.39, 0.29) is 11.8 Å². The highest BCUT2D eigenvalue weighted by Crippen LogP contribution is 1.97. The molecule has 0 spiro atoms. The van der Waals surface area contributed by atoms with Gasteiger partial charge in [0.05, 0.1) is 6.04 Å². The first-order valence-electron chi connectivity index (χ1n) is 3.90. The van der Waals surface area contributed by atoms with Crippen LogP contribution in [0, 0.1) is 0 Å². The van der Waals surface area contributed by atoms with E-state index >= 15 is 0 Å². The van der Waals surface area contributed by atoms with Gasteiger partial charge in [0.1, 0.15) is 0 Å². The molecule has 0 N–H and O–H groups in total. The second-order valence-electron chi connectivity index (χ2n) is 2.42. The third-order valence-corrected chi connectivity index (χ3v) is 1.89. The van der Waals surface area contributed by atoms with Gasteiger partial charge in [-0.1, -0.05) is 13.8 Å². The predicted molar refractivity (Wildman–Crippen MR) is 43.5 cm³/mol. The fourth-order valence-corrected chi connectivity index (χ4v) is 1.05. The van der Waals surface area contributed by atoms with Gasteiger partial charge in [-0.2, -0.15) is 0 Å². The van der Waals surface area contributed by atoms with E-state index in [0.717, 1.165) is 13.1 Å². The molecular weight excluding hydrogens is 142 g/mol. The van der Waals surface area contributed by atoms with Crippen molar-refractivity contribution in [3.8, 4) is 0 Å². The molecule has 3 nitrogen and oxygen atoms in total. The van der Waals surface area contributed by atoms with Crippen molar-refractivity contribution in [1.29, 1.82) is 0 Å². The van der Waals surface area contributed by atoms with E-state index in [4.69, 9.17) is 0 Å². The van der Waals surface area contributed by atoms with Gasteiger partial charge in [-0.25, -0.2) is 0 Å². The lowest BCUT2D eigenvalue weighted by atomic mass is 10.2. The van der Waals surface area contributed by atoms with Gasteiger partial charge in [-0.3, -0.25) is 14.5 Å². The highest BCUT2D eigenvalue weighted by molar-refractivity contribution is 6.27. The van der Waals surface area contributed by atoms with Crippen molar-refractivity contribution in [2.45, 2.75) is 26.8 Å². The van der Waals surface area contributed by atoms with Crippen LogP contribution in [0.15, 0.2) is 0 Å². The van der Waals surface area contributed by atoms with Crippen molar-refractivity contribution in [3.05, 3.63) is 0 Å². The summed E-state index contributed by atoms with van der Waals surface area (Å²) in [7, 11) is 0. The third-order valence-electron chi connectivity index (χ3n) is 1.89. The second kappa shape index (κ2) is 5.02. The molecule has 64 valence electrons. The number of carbonyl (C=O) groups is 2. The summed E-state index contributed by atoms with van der Waals surface area (Å²) in [5.74, 6) is -0.339. The fraction of sp³-hybridized carbons (Fsp3) is 0.750. The number of likely N-dealkylation sites (N-methyl/N-ethyl adjacent to an activating group) is 1. The van der Waals surface area contributed by atoms with Crippen molar-refractivity contribution in [2.24, 2.45) is 0 Å². The third kappa shape index (κ3) is 2.80. The normalized spacial score (nSPS) is 13.1. The van der Waals surface area contributed by atoms with Gasteiger partial charge < -0.3 is 0 Å². The van der Waals surface area contributed by atoms with Crippen LogP contribution >= 0.6 is 0 Å². The highest BCUT2D eigenvalue weighted by atomic mass is 16.2. The Bertz CT molecular complexity index is 141. The van der Waals surface area contributed by atoms with Gasteiger partial charge in [-0.05, 0) is 20.0 Å². The molecule has 0 rings (SSSR count). The van der Waals surface area contributed by atoms with Crippen molar-refractivity contribution in [2.75, 3.05) is 13.1 Å². The number of ketones is 1. The zero-order valence-electron chi connectivity index (χ0n) is 7.33. The standard InChI is InChI=1S/C8H15NO2/c1-4-9(5-2)7(3)8(11)6-10/h6-7H,4-5H2,1-3H3. The zero-order valence-corrected chi connectivity index (χ0v) is 7.33. The smallest absolute Gasteiger partial charge is 0.211 e. The number of carbonyl (C=O) groups excluding carboxylic acids is 2. The van der Waals surface area contributed by atoms with Crippen LogP contribution in [0.4, 0.5) is 0 Å². The molecule has 11 heavy (non-hydrogen) atoms. The molecule has 0 aromatic heterocycles. The Morgan fingerprint density at radius 1 is 1.45 bits per heavy atom. The van der Waals surface area contributed by atoms with Crippen LogP contribution in [0.1, 0.15) is 20.8 Å². The molecule has 0 radical (unpaired) electrons. The summed E-state index contributed by atoms with van der Waals surface area (Å²) in [5, 5.41) is 0.